The Kier molecular flexibility index (Phi) is 6.91. The molecule has 2 aromatic rings. The van der Waals surface area contributed by atoms with Crippen molar-refractivity contribution < 1.29 is 49.7 Å². The molecule has 2 aromatic carbocycles. The molecule has 0 aromatic heterocycles. The van der Waals surface area contributed by atoms with Crippen LogP contribution < -0.4 is 9.64 Å². The van der Waals surface area contributed by atoms with Crippen LogP contribution in [0, 0.1) is 17.6 Å². The summed E-state index contributed by atoms with van der Waals surface area (Å²) >= 11 is 0. The van der Waals surface area contributed by atoms with Gasteiger partial charge in [-0.15, -0.1) is 13.2 Å². The van der Waals surface area contributed by atoms with Crippen molar-refractivity contribution >= 4 is 5.69 Å². The minimum absolute atomic E-state index is 0.0234. The van der Waals surface area contributed by atoms with Crippen molar-refractivity contribution in [1.82, 2.24) is 0 Å². The number of aliphatic hydroxyl groups is 1. The first-order valence-electron chi connectivity index (χ1n) is 10.7. The smallest absolute Gasteiger partial charge is 0.489 e. The lowest BCUT2D eigenvalue weighted by molar-refractivity contribution is -0.303. The molecule has 0 saturated heterocycles. The van der Waals surface area contributed by atoms with Crippen LogP contribution in [0.1, 0.15) is 6.42 Å². The van der Waals surface area contributed by atoms with Gasteiger partial charge in [0.2, 0.25) is 0 Å². The highest BCUT2D eigenvalue weighted by molar-refractivity contribution is 5.80. The minimum Gasteiger partial charge on any atom is -0.489 e. The minimum atomic E-state index is -4.97. The fourth-order valence-electron chi connectivity index (χ4n) is 4.30. The van der Waals surface area contributed by atoms with Crippen LogP contribution in [0.15, 0.2) is 60.4 Å². The van der Waals surface area contributed by atoms with Crippen LogP contribution >= 0.6 is 0 Å². The van der Waals surface area contributed by atoms with E-state index >= 15 is 0 Å². The first-order valence-corrected chi connectivity index (χ1v) is 10.7. The molecule has 4 rings (SSSR count). The number of nitrogens with zero attached hydrogens (tertiary/aromatic N) is 1. The fourth-order valence-corrected chi connectivity index (χ4v) is 4.30. The molecule has 194 valence electrons. The van der Waals surface area contributed by atoms with Crippen molar-refractivity contribution in [2.24, 2.45) is 5.92 Å². The van der Waals surface area contributed by atoms with Crippen LogP contribution in [-0.4, -0.2) is 42.9 Å². The molecule has 1 aliphatic heterocycles. The fraction of sp³-hybridized carbons (Fsp3) is 0.333. The average Bonchev–Trinajstić information content (AvgIpc) is 2.76. The number of alkyl halides is 6. The second kappa shape index (κ2) is 9.64. The van der Waals surface area contributed by atoms with E-state index < -0.39 is 54.5 Å². The van der Waals surface area contributed by atoms with E-state index in [1.807, 2.05) is 0 Å². The van der Waals surface area contributed by atoms with Gasteiger partial charge < -0.3 is 19.5 Å². The third kappa shape index (κ3) is 5.75. The van der Waals surface area contributed by atoms with Gasteiger partial charge in [0.05, 0.1) is 18.3 Å². The van der Waals surface area contributed by atoms with Crippen molar-refractivity contribution in [3.63, 3.8) is 0 Å². The molecule has 0 fully saturated rings. The molecule has 1 aliphatic carbocycles. The Balaban J connectivity index is 1.75. The number of hydrogen-bond acceptors (Lipinski definition) is 4. The summed E-state index contributed by atoms with van der Waals surface area (Å²) in [6.07, 6.45) is -8.91. The number of para-hydroxylation sites is 1. The molecule has 0 saturated carbocycles. The predicted molar refractivity (Wildman–Crippen MR) is 113 cm³/mol. The summed E-state index contributed by atoms with van der Waals surface area (Å²) in [4.78, 5) is 1.20. The van der Waals surface area contributed by atoms with Crippen LogP contribution in [0.3, 0.4) is 0 Å². The van der Waals surface area contributed by atoms with Crippen LogP contribution in [0.4, 0.5) is 40.8 Å². The molecular formula is C24H19F8NO3. The van der Waals surface area contributed by atoms with Crippen molar-refractivity contribution in [2.45, 2.75) is 31.1 Å². The number of anilines is 1. The van der Waals surface area contributed by atoms with Crippen molar-refractivity contribution in [3.8, 4) is 16.9 Å². The van der Waals surface area contributed by atoms with E-state index in [-0.39, 0.29) is 35.6 Å². The second-order valence-corrected chi connectivity index (χ2v) is 8.32. The molecule has 3 atom stereocenters. The number of ether oxygens (including phenoxy) is 2. The highest BCUT2D eigenvalue weighted by Gasteiger charge is 2.43. The van der Waals surface area contributed by atoms with E-state index in [4.69, 9.17) is 4.74 Å². The first-order chi connectivity index (χ1) is 16.8. The van der Waals surface area contributed by atoms with Gasteiger partial charge in [-0.05, 0) is 42.3 Å². The molecular weight excluding hydrogens is 502 g/mol. The number of allylic oxidation sites excluding steroid dienone is 2. The van der Waals surface area contributed by atoms with Crippen LogP contribution in [0.2, 0.25) is 0 Å². The Labute approximate surface area is 200 Å². The van der Waals surface area contributed by atoms with E-state index in [9.17, 15) is 40.2 Å². The molecule has 12 heteroatoms. The van der Waals surface area contributed by atoms with Gasteiger partial charge >= 0.3 is 12.5 Å². The monoisotopic (exact) mass is 521 g/mol. The van der Waals surface area contributed by atoms with E-state index in [0.29, 0.717) is 6.07 Å². The maximum absolute atomic E-state index is 13.8. The quantitative estimate of drug-likeness (QED) is 0.482. The lowest BCUT2D eigenvalue weighted by Gasteiger charge is -2.43. The average molecular weight is 521 g/mol. The summed E-state index contributed by atoms with van der Waals surface area (Å²) < 4.78 is 115. The van der Waals surface area contributed by atoms with Gasteiger partial charge in [-0.1, -0.05) is 18.2 Å². The topological polar surface area (TPSA) is 41.9 Å². The summed E-state index contributed by atoms with van der Waals surface area (Å²) in [5.74, 6) is -3.02. The molecule has 2 aliphatic rings. The zero-order valence-corrected chi connectivity index (χ0v) is 18.3. The number of halogens is 8. The van der Waals surface area contributed by atoms with Crippen molar-refractivity contribution in [1.29, 1.82) is 0 Å². The van der Waals surface area contributed by atoms with Gasteiger partial charge in [0.15, 0.2) is 11.9 Å². The largest absolute Gasteiger partial charge is 0.573 e. The zero-order chi connectivity index (χ0) is 26.3. The maximum atomic E-state index is 13.8. The molecule has 2 unspecified atom stereocenters. The van der Waals surface area contributed by atoms with Crippen LogP contribution in [0.5, 0.6) is 5.75 Å². The molecule has 1 N–H and O–H groups in total. The molecule has 36 heavy (non-hydrogen) atoms. The number of β-amino-alcohol motifs (C(OH)–C–C–N with tert-alkyl or cyclic N) is 1. The summed E-state index contributed by atoms with van der Waals surface area (Å²) in [5, 5.41) is 9.83. The normalized spacial score (nSPS) is 20.9. The number of benzene rings is 2. The molecule has 4 nitrogen and oxygen atoms in total. The number of hydrogen-bond donors (Lipinski definition) is 1. The molecule has 0 radical (unpaired) electrons. The summed E-state index contributed by atoms with van der Waals surface area (Å²) in [5.41, 5.74) is 0.342. The maximum Gasteiger partial charge on any atom is 0.573 e. The van der Waals surface area contributed by atoms with E-state index in [2.05, 4.69) is 4.74 Å². The van der Waals surface area contributed by atoms with Crippen molar-refractivity contribution in [3.05, 3.63) is 72.0 Å². The van der Waals surface area contributed by atoms with Gasteiger partial charge in [-0.25, -0.2) is 8.78 Å². The number of rotatable bonds is 5. The van der Waals surface area contributed by atoms with E-state index in [1.165, 1.54) is 29.2 Å². The van der Waals surface area contributed by atoms with Gasteiger partial charge in [0, 0.05) is 17.5 Å². The lowest BCUT2D eigenvalue weighted by Crippen LogP contribution is -2.52. The summed E-state index contributed by atoms with van der Waals surface area (Å²) in [6.45, 7) is -1.23. The molecule has 1 heterocycles. The van der Waals surface area contributed by atoms with Gasteiger partial charge in [-0.2, -0.15) is 13.2 Å². The summed E-state index contributed by atoms with van der Waals surface area (Å²) in [7, 11) is 0. The van der Waals surface area contributed by atoms with E-state index in [1.54, 1.807) is 0 Å². The summed E-state index contributed by atoms with van der Waals surface area (Å²) in [6, 6.07) is 6.08. The number of aliphatic hydroxyl groups excluding tert-OH is 1. The van der Waals surface area contributed by atoms with Gasteiger partial charge in [-0.3, -0.25) is 0 Å². The Bertz CT molecular complexity index is 1150. The van der Waals surface area contributed by atoms with E-state index in [0.717, 1.165) is 24.3 Å². The second-order valence-electron chi connectivity index (χ2n) is 8.32. The van der Waals surface area contributed by atoms with Crippen LogP contribution in [-0.2, 0) is 4.74 Å². The SMILES string of the molecule is OC(CN1c2cccc(-c3cc(F)cc(F)c3)c2OCC1[C@@H]1C=C(OC(F)(F)F)C=CC1)C(F)(F)F. The highest BCUT2D eigenvalue weighted by Crippen LogP contribution is 2.45. The predicted octanol–water partition coefficient (Wildman–Crippen LogP) is 6.12. The number of fused-ring (bicyclic) bond motifs is 1. The molecule has 0 amide bonds. The van der Waals surface area contributed by atoms with Gasteiger partial charge in [0.1, 0.15) is 24.0 Å². The van der Waals surface area contributed by atoms with Crippen molar-refractivity contribution in [2.75, 3.05) is 18.1 Å². The Morgan fingerprint density at radius 1 is 1.06 bits per heavy atom. The lowest BCUT2D eigenvalue weighted by atomic mass is 9.89. The Morgan fingerprint density at radius 3 is 2.39 bits per heavy atom. The molecule has 0 spiro atoms. The Morgan fingerprint density at radius 2 is 1.75 bits per heavy atom. The third-order valence-corrected chi connectivity index (χ3v) is 5.82. The standard InChI is InChI=1S/C24H19F8NO3/c25-15-7-14(8-16(26)10-15)18-5-2-6-19-22(18)35-12-20(33(19)11-21(34)23(27,28)29)13-3-1-4-17(9-13)36-24(30,31)32/h1-2,4-10,13,20-21,34H,3,11-12H2/t13-,20?,21?/m0/s1. The third-order valence-electron chi connectivity index (χ3n) is 5.82. The highest BCUT2D eigenvalue weighted by atomic mass is 19.4. The first kappa shape index (κ1) is 25.8. The van der Waals surface area contributed by atoms with Gasteiger partial charge in [0.25, 0.3) is 0 Å². The molecule has 0 bridgehead atoms. The van der Waals surface area contributed by atoms with Crippen LogP contribution in [0.25, 0.3) is 11.1 Å². The zero-order valence-electron chi connectivity index (χ0n) is 18.3. The Hall–Kier alpha value is -3.28.